The van der Waals surface area contributed by atoms with Crippen molar-refractivity contribution < 1.29 is 38.8 Å². The van der Waals surface area contributed by atoms with Crippen LogP contribution in [0.1, 0.15) is 39.2 Å². The van der Waals surface area contributed by atoms with Crippen LogP contribution < -0.4 is 0 Å². The Labute approximate surface area is 215 Å². The van der Waals surface area contributed by atoms with Gasteiger partial charge in [0, 0.05) is 29.2 Å². The Morgan fingerprint density at radius 1 is 1.22 bits per heavy atom. The molecule has 1 aromatic rings. The summed E-state index contributed by atoms with van der Waals surface area (Å²) in [5, 5.41) is 23.3. The molecule has 0 amide bonds. The lowest BCUT2D eigenvalue weighted by atomic mass is 9.38. The zero-order chi connectivity index (χ0) is 26.3. The Bertz CT molecular complexity index is 1220. The topological polar surface area (TPSA) is 119 Å². The average Bonchev–Trinajstić information content (AvgIpc) is 3.16. The maximum Gasteiger partial charge on any atom is 0.331 e. The molecule has 1 aromatic carbocycles. The summed E-state index contributed by atoms with van der Waals surface area (Å²) >= 11 is 0. The van der Waals surface area contributed by atoms with Crippen molar-refractivity contribution in [3.63, 3.8) is 0 Å². The van der Waals surface area contributed by atoms with Crippen molar-refractivity contribution in [2.45, 2.75) is 57.7 Å². The first kappa shape index (κ1) is 24.5. The van der Waals surface area contributed by atoms with Crippen molar-refractivity contribution in [2.24, 2.45) is 34.5 Å². The number of ketones is 1. The number of hydrogen-bond donors (Lipinski definition) is 2. The summed E-state index contributed by atoms with van der Waals surface area (Å²) in [7, 11) is 0. The molecule has 3 aliphatic carbocycles. The van der Waals surface area contributed by atoms with E-state index >= 15 is 0 Å². The third-order valence-corrected chi connectivity index (χ3v) is 10.0. The second kappa shape index (κ2) is 8.09. The van der Waals surface area contributed by atoms with Gasteiger partial charge in [-0.05, 0) is 48.8 Å². The first-order valence-electron chi connectivity index (χ1n) is 12.9. The van der Waals surface area contributed by atoms with Crippen LogP contribution in [-0.2, 0) is 28.6 Å². The number of rotatable bonds is 3. The van der Waals surface area contributed by atoms with Gasteiger partial charge in [-0.15, -0.1) is 0 Å². The van der Waals surface area contributed by atoms with Crippen LogP contribution in [-0.4, -0.2) is 58.6 Å². The molecule has 2 bridgehead atoms. The minimum atomic E-state index is -1.98. The highest BCUT2D eigenvalue weighted by molar-refractivity contribution is 5.99. The molecular formula is C29H32O8. The van der Waals surface area contributed by atoms with Gasteiger partial charge in [-0.1, -0.05) is 49.8 Å². The summed E-state index contributed by atoms with van der Waals surface area (Å²) in [6.07, 6.45) is 1.88. The fourth-order valence-electron chi connectivity index (χ4n) is 8.59. The highest BCUT2D eigenvalue weighted by Crippen LogP contribution is 2.73. The lowest BCUT2D eigenvalue weighted by Gasteiger charge is -2.67. The molecule has 6 rings (SSSR count). The molecule has 1 spiro atoms. The van der Waals surface area contributed by atoms with E-state index in [0.29, 0.717) is 6.42 Å². The molecule has 2 aliphatic heterocycles. The molecule has 2 heterocycles. The molecule has 2 saturated carbocycles. The quantitative estimate of drug-likeness (QED) is 0.472. The van der Waals surface area contributed by atoms with Gasteiger partial charge in [-0.2, -0.15) is 0 Å². The van der Waals surface area contributed by atoms with Crippen LogP contribution in [0.4, 0.5) is 0 Å². The Kier molecular flexibility index (Phi) is 5.36. The summed E-state index contributed by atoms with van der Waals surface area (Å²) in [5.74, 6) is -5.23. The molecule has 2 N–H and O–H groups in total. The molecular weight excluding hydrogens is 476 g/mol. The van der Waals surface area contributed by atoms with Crippen molar-refractivity contribution in [1.29, 1.82) is 0 Å². The number of allylic oxidation sites excluding steroid dienone is 1. The van der Waals surface area contributed by atoms with Crippen LogP contribution in [0.3, 0.4) is 0 Å². The van der Waals surface area contributed by atoms with Gasteiger partial charge in [0.2, 0.25) is 0 Å². The van der Waals surface area contributed by atoms with E-state index in [2.05, 4.69) is 0 Å². The molecule has 1 unspecified atom stereocenters. The van der Waals surface area contributed by atoms with Crippen LogP contribution in [0.2, 0.25) is 0 Å². The molecule has 5 aliphatic rings. The third kappa shape index (κ3) is 3.15. The van der Waals surface area contributed by atoms with Crippen molar-refractivity contribution in [3.8, 4) is 0 Å². The Balaban J connectivity index is 1.45. The van der Waals surface area contributed by atoms with Gasteiger partial charge in [-0.3, -0.25) is 9.59 Å². The summed E-state index contributed by atoms with van der Waals surface area (Å²) in [4.78, 5) is 39.1. The van der Waals surface area contributed by atoms with Crippen LogP contribution in [0, 0.1) is 34.5 Å². The lowest BCUT2D eigenvalue weighted by molar-refractivity contribution is -0.332. The number of benzene rings is 1. The van der Waals surface area contributed by atoms with E-state index in [4.69, 9.17) is 14.2 Å². The maximum absolute atomic E-state index is 13.5. The van der Waals surface area contributed by atoms with Gasteiger partial charge in [0.05, 0.1) is 6.61 Å². The van der Waals surface area contributed by atoms with E-state index < -0.39 is 52.7 Å². The fourth-order valence-corrected chi connectivity index (χ4v) is 8.59. The number of aliphatic hydroxyl groups is 2. The zero-order valence-electron chi connectivity index (χ0n) is 21.1. The van der Waals surface area contributed by atoms with Crippen LogP contribution in [0.5, 0.6) is 0 Å². The Morgan fingerprint density at radius 2 is 1.95 bits per heavy atom. The van der Waals surface area contributed by atoms with Crippen LogP contribution in [0.25, 0.3) is 6.08 Å². The molecule has 8 heteroatoms. The van der Waals surface area contributed by atoms with Crippen molar-refractivity contribution in [3.05, 3.63) is 53.6 Å². The predicted molar refractivity (Wildman–Crippen MR) is 130 cm³/mol. The molecule has 196 valence electrons. The average molecular weight is 509 g/mol. The zero-order valence-corrected chi connectivity index (χ0v) is 21.1. The summed E-state index contributed by atoms with van der Waals surface area (Å²) in [5.41, 5.74) is -0.333. The van der Waals surface area contributed by atoms with Gasteiger partial charge in [0.1, 0.15) is 12.2 Å². The van der Waals surface area contributed by atoms with E-state index in [9.17, 15) is 24.6 Å². The molecule has 37 heavy (non-hydrogen) atoms. The largest absolute Gasteiger partial charge is 0.462 e. The Hall–Kier alpha value is -2.81. The Morgan fingerprint density at radius 3 is 2.68 bits per heavy atom. The number of aliphatic hydroxyl groups excluding tert-OH is 1. The SMILES string of the molecule is CC1=CC(=O)[C@@H](OC(=O)/C=C/c2ccccc2)[C@]2(C)[C@H]3C4(O)OC[C@@]35[C@@H](C[C@@H]12)OC(=O)C[C@H]5[C@@H](C)[C@H]4O. The van der Waals surface area contributed by atoms with E-state index in [-0.39, 0.29) is 36.6 Å². The van der Waals surface area contributed by atoms with Gasteiger partial charge in [-0.25, -0.2) is 4.79 Å². The highest BCUT2D eigenvalue weighted by Gasteiger charge is 2.82. The fraction of sp³-hybridized carbons (Fsp3) is 0.552. The first-order chi connectivity index (χ1) is 17.5. The molecule has 4 fully saturated rings. The molecule has 8 nitrogen and oxygen atoms in total. The standard InChI is InChI=1S/C29H32O8/c1-15-11-20(30)25(37-22(31)10-9-17-7-5-4-6-8-17)27(3)18(15)12-21-28-14-35-29(34,26(27)28)24(33)16(2)19(28)13-23(32)36-21/h4-11,16,18-19,21,24-26,33-34H,12-14H2,1-3H3/b10-9+/t16-,18+,19+,21-,24-,25-,26-,27-,28-,29?/m1/s1. The van der Waals surface area contributed by atoms with Crippen LogP contribution in [0.15, 0.2) is 48.1 Å². The van der Waals surface area contributed by atoms with Gasteiger partial charge < -0.3 is 24.4 Å². The van der Waals surface area contributed by atoms with Crippen LogP contribution >= 0.6 is 0 Å². The summed E-state index contributed by atoms with van der Waals surface area (Å²) in [6.45, 7) is 5.60. The molecule has 0 radical (unpaired) electrons. The first-order valence-corrected chi connectivity index (χ1v) is 12.9. The summed E-state index contributed by atoms with van der Waals surface area (Å²) in [6, 6.07) is 9.27. The third-order valence-electron chi connectivity index (χ3n) is 10.0. The van der Waals surface area contributed by atoms with Crippen molar-refractivity contribution >= 4 is 23.8 Å². The number of hydrogen-bond acceptors (Lipinski definition) is 8. The number of fused-ring (bicyclic) bond motifs is 1. The molecule has 0 aromatic heterocycles. The predicted octanol–water partition coefficient (Wildman–Crippen LogP) is 2.43. The van der Waals surface area contributed by atoms with Gasteiger partial charge in [0.25, 0.3) is 0 Å². The monoisotopic (exact) mass is 508 g/mol. The second-order valence-corrected chi connectivity index (χ2v) is 11.7. The minimum absolute atomic E-state index is 0.0893. The van der Waals surface area contributed by atoms with Gasteiger partial charge in [0.15, 0.2) is 17.7 Å². The number of esters is 2. The van der Waals surface area contributed by atoms with Crippen molar-refractivity contribution in [1.82, 2.24) is 0 Å². The van der Waals surface area contributed by atoms with E-state index in [0.717, 1.165) is 11.1 Å². The summed E-state index contributed by atoms with van der Waals surface area (Å²) < 4.78 is 17.8. The minimum Gasteiger partial charge on any atom is -0.462 e. The molecule has 2 saturated heterocycles. The second-order valence-electron chi connectivity index (χ2n) is 11.7. The lowest BCUT2D eigenvalue weighted by Crippen LogP contribution is -2.76. The number of carbonyl (C=O) groups excluding carboxylic acids is 3. The van der Waals surface area contributed by atoms with Gasteiger partial charge >= 0.3 is 11.9 Å². The highest BCUT2D eigenvalue weighted by atomic mass is 16.6. The van der Waals surface area contributed by atoms with E-state index in [1.54, 1.807) is 6.08 Å². The van der Waals surface area contributed by atoms with E-state index in [1.165, 1.54) is 12.2 Å². The maximum atomic E-state index is 13.5. The normalized spacial score (nSPS) is 46.1. The van der Waals surface area contributed by atoms with Crippen molar-refractivity contribution in [2.75, 3.05) is 6.61 Å². The number of carbonyl (C=O) groups is 3. The molecule has 10 atom stereocenters. The number of ether oxygens (including phenoxy) is 3. The van der Waals surface area contributed by atoms with E-state index in [1.807, 2.05) is 51.1 Å². The smallest absolute Gasteiger partial charge is 0.331 e.